The van der Waals surface area contributed by atoms with Crippen molar-refractivity contribution in [2.45, 2.75) is 18.1 Å². The Hall–Kier alpha value is -1.70. The van der Waals surface area contributed by atoms with Crippen LogP contribution in [0.5, 0.6) is 0 Å². The number of hydrogen-bond acceptors (Lipinski definition) is 3. The van der Waals surface area contributed by atoms with E-state index in [0.29, 0.717) is 12.2 Å². The van der Waals surface area contributed by atoms with Gasteiger partial charge in [0.1, 0.15) is 5.54 Å². The van der Waals surface area contributed by atoms with Gasteiger partial charge in [-0.2, -0.15) is 24.9 Å². The van der Waals surface area contributed by atoms with Gasteiger partial charge in [-0.05, 0) is 36.4 Å². The number of amides is 1. The maximum Gasteiger partial charge on any atom is 0.416 e. The van der Waals surface area contributed by atoms with E-state index in [9.17, 15) is 27.9 Å². The van der Waals surface area contributed by atoms with Crippen LogP contribution in [0.1, 0.15) is 22.3 Å². The summed E-state index contributed by atoms with van der Waals surface area (Å²) in [6, 6.07) is 3.67. The monoisotopic (exact) mass is 319 g/mol. The molecule has 1 atom stereocenters. The molecule has 1 aliphatic rings. The molecule has 1 saturated heterocycles. The average molecular weight is 319 g/mol. The van der Waals surface area contributed by atoms with Crippen LogP contribution >= 0.6 is 11.8 Å². The minimum absolute atomic E-state index is 0.000486. The van der Waals surface area contributed by atoms with E-state index in [0.717, 1.165) is 24.3 Å². The van der Waals surface area contributed by atoms with Gasteiger partial charge >= 0.3 is 12.1 Å². The molecule has 0 aliphatic carbocycles. The van der Waals surface area contributed by atoms with Gasteiger partial charge in [0.2, 0.25) is 0 Å². The number of carbonyl (C=O) groups is 2. The second kappa shape index (κ2) is 5.59. The quantitative estimate of drug-likeness (QED) is 0.898. The molecule has 1 fully saturated rings. The highest BCUT2D eigenvalue weighted by atomic mass is 32.2. The molecule has 0 radical (unpaired) electrons. The summed E-state index contributed by atoms with van der Waals surface area (Å²) in [5, 5.41) is 11.7. The molecule has 21 heavy (non-hydrogen) atoms. The first-order valence-electron chi connectivity index (χ1n) is 6.05. The van der Waals surface area contributed by atoms with Crippen LogP contribution in [0, 0.1) is 0 Å². The lowest BCUT2D eigenvalue weighted by Crippen LogP contribution is -2.54. The Kier molecular flexibility index (Phi) is 4.18. The highest BCUT2D eigenvalue weighted by Gasteiger charge is 2.43. The van der Waals surface area contributed by atoms with Crippen LogP contribution < -0.4 is 5.32 Å². The standard InChI is InChI=1S/C13H12F3NO3S/c14-13(15,16)9-3-1-8(2-4-9)10(18)17-12(11(19)20)5-6-21-7-12/h1-4H,5-7H2,(H,17,18)(H,19,20). The van der Waals surface area contributed by atoms with Crippen molar-refractivity contribution >= 4 is 23.6 Å². The summed E-state index contributed by atoms with van der Waals surface area (Å²) in [7, 11) is 0. The maximum absolute atomic E-state index is 12.4. The summed E-state index contributed by atoms with van der Waals surface area (Å²) < 4.78 is 37.3. The van der Waals surface area contributed by atoms with Crippen LogP contribution in [0.4, 0.5) is 13.2 Å². The molecule has 1 amide bonds. The Bertz CT molecular complexity index is 551. The van der Waals surface area contributed by atoms with Crippen LogP contribution in [0.3, 0.4) is 0 Å². The number of benzene rings is 1. The number of carboxylic acids is 1. The predicted molar refractivity (Wildman–Crippen MR) is 71.2 cm³/mol. The first-order valence-corrected chi connectivity index (χ1v) is 7.21. The zero-order valence-corrected chi connectivity index (χ0v) is 11.6. The van der Waals surface area contributed by atoms with Gasteiger partial charge in [0.15, 0.2) is 0 Å². The number of alkyl halides is 3. The van der Waals surface area contributed by atoms with Crippen molar-refractivity contribution < 1.29 is 27.9 Å². The fourth-order valence-electron chi connectivity index (χ4n) is 1.99. The summed E-state index contributed by atoms with van der Waals surface area (Å²) in [4.78, 5) is 23.3. The van der Waals surface area contributed by atoms with Crippen molar-refractivity contribution in [3.05, 3.63) is 35.4 Å². The minimum atomic E-state index is -4.47. The molecule has 0 bridgehead atoms. The third-order valence-corrected chi connectivity index (χ3v) is 4.45. The number of nitrogens with one attached hydrogen (secondary N) is 1. The van der Waals surface area contributed by atoms with E-state index in [-0.39, 0.29) is 11.3 Å². The van der Waals surface area contributed by atoms with Crippen molar-refractivity contribution in [1.29, 1.82) is 0 Å². The van der Waals surface area contributed by atoms with Crippen LogP contribution in [0.25, 0.3) is 0 Å². The van der Waals surface area contributed by atoms with Gasteiger partial charge in [0.05, 0.1) is 5.56 Å². The third-order valence-electron chi connectivity index (χ3n) is 3.26. The average Bonchev–Trinajstić information content (AvgIpc) is 2.88. The van der Waals surface area contributed by atoms with E-state index in [4.69, 9.17) is 0 Å². The smallest absolute Gasteiger partial charge is 0.416 e. The van der Waals surface area contributed by atoms with Gasteiger partial charge in [-0.1, -0.05) is 0 Å². The zero-order valence-electron chi connectivity index (χ0n) is 10.7. The van der Waals surface area contributed by atoms with Crippen molar-refractivity contribution in [2.75, 3.05) is 11.5 Å². The molecule has 4 nitrogen and oxygen atoms in total. The van der Waals surface area contributed by atoms with Gasteiger partial charge in [-0.3, -0.25) is 4.79 Å². The van der Waals surface area contributed by atoms with Crippen LogP contribution in [-0.4, -0.2) is 34.0 Å². The Morgan fingerprint density at radius 2 is 1.86 bits per heavy atom. The van der Waals surface area contributed by atoms with Crippen molar-refractivity contribution in [1.82, 2.24) is 5.32 Å². The highest BCUT2D eigenvalue weighted by molar-refractivity contribution is 7.99. The lowest BCUT2D eigenvalue weighted by molar-refractivity contribution is -0.143. The summed E-state index contributed by atoms with van der Waals surface area (Å²) in [5.74, 6) is -0.963. The Balaban J connectivity index is 2.15. The summed E-state index contributed by atoms with van der Waals surface area (Å²) in [5.41, 5.74) is -2.20. The van der Waals surface area contributed by atoms with E-state index in [1.54, 1.807) is 0 Å². The van der Waals surface area contributed by atoms with E-state index in [1.807, 2.05) is 0 Å². The molecule has 0 saturated carbocycles. The minimum Gasteiger partial charge on any atom is -0.479 e. The molecule has 1 aromatic rings. The van der Waals surface area contributed by atoms with Crippen molar-refractivity contribution in [3.63, 3.8) is 0 Å². The number of carboxylic acid groups (broad SMARTS) is 1. The molecule has 1 heterocycles. The molecule has 1 aromatic carbocycles. The van der Waals surface area contributed by atoms with E-state index >= 15 is 0 Å². The topological polar surface area (TPSA) is 66.4 Å². The SMILES string of the molecule is O=C(NC1(C(=O)O)CCSC1)c1ccc(C(F)(F)F)cc1. The molecular weight excluding hydrogens is 307 g/mol. The van der Waals surface area contributed by atoms with Crippen LogP contribution in [-0.2, 0) is 11.0 Å². The largest absolute Gasteiger partial charge is 0.479 e. The van der Waals surface area contributed by atoms with Crippen LogP contribution in [0.15, 0.2) is 24.3 Å². The van der Waals surface area contributed by atoms with Gasteiger partial charge in [0, 0.05) is 11.3 Å². The Morgan fingerprint density at radius 3 is 2.29 bits per heavy atom. The van der Waals surface area contributed by atoms with Gasteiger partial charge < -0.3 is 10.4 Å². The molecular formula is C13H12F3NO3S. The molecule has 114 valence electrons. The number of hydrogen-bond donors (Lipinski definition) is 2. The molecule has 1 aliphatic heterocycles. The van der Waals surface area contributed by atoms with Crippen molar-refractivity contribution in [2.24, 2.45) is 0 Å². The second-order valence-electron chi connectivity index (χ2n) is 4.72. The normalized spacial score (nSPS) is 22.0. The van der Waals surface area contributed by atoms with Crippen LogP contribution in [0.2, 0.25) is 0 Å². The summed E-state index contributed by atoms with van der Waals surface area (Å²) in [6.07, 6.45) is -4.18. The lowest BCUT2D eigenvalue weighted by Gasteiger charge is -2.24. The Morgan fingerprint density at radius 1 is 1.24 bits per heavy atom. The fourth-order valence-corrected chi connectivity index (χ4v) is 3.31. The third kappa shape index (κ3) is 3.31. The van der Waals surface area contributed by atoms with E-state index in [1.165, 1.54) is 11.8 Å². The van der Waals surface area contributed by atoms with Crippen molar-refractivity contribution in [3.8, 4) is 0 Å². The molecule has 0 spiro atoms. The molecule has 1 unspecified atom stereocenters. The predicted octanol–water partition coefficient (Wildman–Crippen LogP) is 2.40. The first kappa shape index (κ1) is 15.7. The number of aliphatic carboxylic acids is 1. The number of carbonyl (C=O) groups excluding carboxylic acids is 1. The molecule has 2 rings (SSSR count). The van der Waals surface area contributed by atoms with Gasteiger partial charge in [-0.15, -0.1) is 0 Å². The summed E-state index contributed by atoms with van der Waals surface area (Å²) in [6.45, 7) is 0. The lowest BCUT2D eigenvalue weighted by atomic mass is 9.98. The number of thioether (sulfide) groups is 1. The fraction of sp³-hybridized carbons (Fsp3) is 0.385. The van der Waals surface area contributed by atoms with Gasteiger partial charge in [-0.25, -0.2) is 4.79 Å². The van der Waals surface area contributed by atoms with E-state index in [2.05, 4.69) is 5.32 Å². The summed E-state index contributed by atoms with van der Waals surface area (Å²) >= 11 is 1.41. The maximum atomic E-state index is 12.4. The van der Waals surface area contributed by atoms with Gasteiger partial charge in [0.25, 0.3) is 5.91 Å². The molecule has 0 aromatic heterocycles. The number of rotatable bonds is 3. The van der Waals surface area contributed by atoms with E-state index < -0.39 is 29.2 Å². The molecule has 2 N–H and O–H groups in total. The first-order chi connectivity index (χ1) is 9.74. The second-order valence-corrected chi connectivity index (χ2v) is 5.82. The Labute approximate surface area is 122 Å². The zero-order chi connectivity index (χ0) is 15.7. The highest BCUT2D eigenvalue weighted by Crippen LogP contribution is 2.30. The number of halogens is 3. The molecule has 8 heteroatoms.